The highest BCUT2D eigenvalue weighted by Gasteiger charge is 2.45. The van der Waals surface area contributed by atoms with Crippen LogP contribution in [0.1, 0.15) is 58.6 Å². The summed E-state index contributed by atoms with van der Waals surface area (Å²) in [6, 6.07) is 18.3. The lowest BCUT2D eigenvalue weighted by Gasteiger charge is -2.34. The lowest BCUT2D eigenvalue weighted by atomic mass is 9.85. The Hall–Kier alpha value is -3.95. The van der Waals surface area contributed by atoms with Gasteiger partial charge in [-0.25, -0.2) is 17.8 Å². The number of anilines is 1. The van der Waals surface area contributed by atoms with Crippen LogP contribution < -0.4 is 21.7 Å². The molecule has 280 valence electrons. The van der Waals surface area contributed by atoms with Crippen molar-refractivity contribution in [3.63, 3.8) is 0 Å². The first-order valence-electron chi connectivity index (χ1n) is 17.5. The SMILES string of the molecule is CC(C)CN(C[C@@H](O)[C@H](Cc1ccccc1)NC(=O)C(NC(=O)CNC1(c2cccc(F)c2)CC1)C(C)(C)C)S(=O)(=O)c1ccc2nc(N)sc2c1. The Balaban J connectivity index is 1.34. The van der Waals surface area contributed by atoms with E-state index in [9.17, 15) is 27.5 Å². The molecule has 11 nitrogen and oxygen atoms in total. The summed E-state index contributed by atoms with van der Waals surface area (Å²) in [6.07, 6.45) is 0.394. The van der Waals surface area contributed by atoms with Crippen molar-refractivity contribution in [3.05, 3.63) is 89.7 Å². The Morgan fingerprint density at radius 3 is 2.37 bits per heavy atom. The molecule has 0 aliphatic heterocycles. The van der Waals surface area contributed by atoms with Crippen molar-refractivity contribution in [2.75, 3.05) is 25.4 Å². The summed E-state index contributed by atoms with van der Waals surface area (Å²) in [5, 5.41) is 21.2. The fourth-order valence-electron chi connectivity index (χ4n) is 6.28. The van der Waals surface area contributed by atoms with Gasteiger partial charge in [0.15, 0.2) is 5.13 Å². The predicted octanol–water partition coefficient (Wildman–Crippen LogP) is 4.56. The van der Waals surface area contributed by atoms with Crippen LogP contribution in [0.4, 0.5) is 9.52 Å². The second-order valence-electron chi connectivity index (χ2n) is 15.1. The highest BCUT2D eigenvalue weighted by molar-refractivity contribution is 7.89. The van der Waals surface area contributed by atoms with Crippen LogP contribution in [0.2, 0.25) is 0 Å². The molecule has 4 aromatic rings. The number of hydrogen-bond donors (Lipinski definition) is 5. The molecule has 1 aliphatic rings. The number of sulfonamides is 1. The summed E-state index contributed by atoms with van der Waals surface area (Å²) in [5.74, 6) is -1.35. The third-order valence-electron chi connectivity index (χ3n) is 9.21. The number of rotatable bonds is 16. The van der Waals surface area contributed by atoms with E-state index in [0.29, 0.717) is 15.3 Å². The Kier molecular flexibility index (Phi) is 12.1. The number of carbonyl (C=O) groups excluding carboxylic acids is 2. The number of nitrogen functional groups attached to an aromatic ring is 1. The molecule has 52 heavy (non-hydrogen) atoms. The van der Waals surface area contributed by atoms with E-state index in [1.165, 1.54) is 39.9 Å². The van der Waals surface area contributed by atoms with E-state index in [1.54, 1.807) is 12.1 Å². The minimum Gasteiger partial charge on any atom is -0.390 e. The number of aliphatic hydroxyl groups is 1. The lowest BCUT2D eigenvalue weighted by Crippen LogP contribution is -2.59. The van der Waals surface area contributed by atoms with Crippen LogP contribution in [-0.2, 0) is 31.6 Å². The van der Waals surface area contributed by atoms with Crippen molar-refractivity contribution in [1.29, 1.82) is 0 Å². The van der Waals surface area contributed by atoms with E-state index < -0.39 is 51.0 Å². The van der Waals surface area contributed by atoms with Gasteiger partial charge in [-0.1, -0.05) is 88.4 Å². The van der Waals surface area contributed by atoms with E-state index >= 15 is 0 Å². The van der Waals surface area contributed by atoms with Crippen LogP contribution >= 0.6 is 11.3 Å². The molecule has 1 aromatic heterocycles. The molecule has 5 rings (SSSR count). The number of nitrogens with two attached hydrogens (primary N) is 1. The summed E-state index contributed by atoms with van der Waals surface area (Å²) >= 11 is 1.19. The van der Waals surface area contributed by atoms with Crippen molar-refractivity contribution in [2.45, 2.75) is 82.5 Å². The summed E-state index contributed by atoms with van der Waals surface area (Å²) in [6.45, 7) is 9.00. The number of aromatic nitrogens is 1. The van der Waals surface area contributed by atoms with E-state index in [2.05, 4.69) is 20.9 Å². The van der Waals surface area contributed by atoms with Gasteiger partial charge < -0.3 is 21.5 Å². The van der Waals surface area contributed by atoms with Gasteiger partial charge in [0, 0.05) is 18.6 Å². The van der Waals surface area contributed by atoms with Crippen LogP contribution in [-0.4, -0.2) is 72.4 Å². The van der Waals surface area contributed by atoms with Gasteiger partial charge in [0.25, 0.3) is 0 Å². The van der Waals surface area contributed by atoms with Gasteiger partial charge >= 0.3 is 0 Å². The van der Waals surface area contributed by atoms with Crippen molar-refractivity contribution in [2.24, 2.45) is 11.3 Å². The number of fused-ring (bicyclic) bond motifs is 1. The molecule has 1 saturated carbocycles. The predicted molar refractivity (Wildman–Crippen MR) is 202 cm³/mol. The number of carbonyl (C=O) groups is 2. The van der Waals surface area contributed by atoms with Gasteiger partial charge in [-0.15, -0.1) is 0 Å². The van der Waals surface area contributed by atoms with Gasteiger partial charge in [0.2, 0.25) is 21.8 Å². The number of thiazole rings is 1. The highest BCUT2D eigenvalue weighted by atomic mass is 32.2. The molecule has 0 spiro atoms. The van der Waals surface area contributed by atoms with Crippen molar-refractivity contribution in [1.82, 2.24) is 25.2 Å². The Bertz CT molecular complexity index is 1980. The maximum atomic E-state index is 14.1. The Labute approximate surface area is 309 Å². The number of hydrogen-bond acceptors (Lipinski definition) is 9. The standard InChI is InChI=1S/C38H49FN6O5S2/c1-24(2)22-45(52(49,50)28-14-15-29-32(20-28)51-36(40)43-29)23-31(46)30(18-25-10-7-6-8-11-25)42-35(48)34(37(3,4)5)44-33(47)21-41-38(16-17-38)26-12-9-13-27(39)19-26/h6-15,19-20,24,30-31,34,41,46H,16-18,21-23H2,1-5H3,(H2,40,43)(H,42,48)(H,44,47)/t30-,31+,34?/m0/s1. The molecule has 0 bridgehead atoms. The normalized spacial score (nSPS) is 16.1. The van der Waals surface area contributed by atoms with Gasteiger partial charge in [-0.3, -0.25) is 14.9 Å². The molecule has 0 radical (unpaired) electrons. The second kappa shape index (κ2) is 16.0. The zero-order valence-corrected chi connectivity index (χ0v) is 31.9. The number of nitrogens with zero attached hydrogens (tertiary/aromatic N) is 2. The maximum absolute atomic E-state index is 14.1. The molecule has 1 aliphatic carbocycles. The molecule has 2 amide bonds. The van der Waals surface area contributed by atoms with Gasteiger partial charge in [0.05, 0.1) is 33.8 Å². The minimum absolute atomic E-state index is 0.0506. The summed E-state index contributed by atoms with van der Waals surface area (Å²) < 4.78 is 43.9. The molecule has 1 heterocycles. The van der Waals surface area contributed by atoms with E-state index in [1.807, 2.05) is 71.0 Å². The highest BCUT2D eigenvalue weighted by Crippen LogP contribution is 2.45. The Morgan fingerprint density at radius 2 is 1.73 bits per heavy atom. The summed E-state index contributed by atoms with van der Waals surface area (Å²) in [4.78, 5) is 31.6. The van der Waals surface area contributed by atoms with Gasteiger partial charge in [0.1, 0.15) is 11.9 Å². The lowest BCUT2D eigenvalue weighted by molar-refractivity contribution is -0.132. The zero-order chi connectivity index (χ0) is 37.8. The van der Waals surface area contributed by atoms with Gasteiger partial charge in [-0.05, 0) is 72.1 Å². The average Bonchev–Trinajstić information content (AvgIpc) is 3.78. The van der Waals surface area contributed by atoms with Crippen LogP contribution in [0.3, 0.4) is 0 Å². The smallest absolute Gasteiger partial charge is 0.243 e. The zero-order valence-electron chi connectivity index (χ0n) is 30.2. The molecule has 3 aromatic carbocycles. The van der Waals surface area contributed by atoms with Crippen LogP contribution in [0.25, 0.3) is 10.2 Å². The molecule has 1 fully saturated rings. The van der Waals surface area contributed by atoms with Crippen molar-refractivity contribution in [3.8, 4) is 0 Å². The fourth-order valence-corrected chi connectivity index (χ4v) is 8.78. The molecular formula is C38H49FN6O5S2. The first-order chi connectivity index (χ1) is 24.5. The number of halogens is 1. The number of benzene rings is 3. The molecule has 14 heteroatoms. The van der Waals surface area contributed by atoms with Crippen molar-refractivity contribution >= 4 is 48.5 Å². The molecule has 3 atom stereocenters. The molecule has 6 N–H and O–H groups in total. The topological polar surface area (TPSA) is 167 Å². The fraction of sp³-hybridized carbons (Fsp3) is 0.447. The monoisotopic (exact) mass is 752 g/mol. The van der Waals surface area contributed by atoms with Gasteiger partial charge in [-0.2, -0.15) is 4.31 Å². The summed E-state index contributed by atoms with van der Waals surface area (Å²) in [7, 11) is -4.09. The molecule has 1 unspecified atom stereocenters. The van der Waals surface area contributed by atoms with E-state index in [4.69, 9.17) is 5.73 Å². The second-order valence-corrected chi connectivity index (χ2v) is 18.1. The molecule has 0 saturated heterocycles. The quantitative estimate of drug-likeness (QED) is 0.111. The number of amides is 2. The van der Waals surface area contributed by atoms with E-state index in [-0.39, 0.29) is 42.7 Å². The molecular weight excluding hydrogens is 704 g/mol. The Morgan fingerprint density at radius 1 is 1.02 bits per heavy atom. The average molecular weight is 753 g/mol. The third-order valence-corrected chi connectivity index (χ3v) is 11.9. The minimum atomic E-state index is -4.09. The van der Waals surface area contributed by atoms with Crippen LogP contribution in [0.5, 0.6) is 0 Å². The van der Waals surface area contributed by atoms with Crippen LogP contribution in [0, 0.1) is 17.2 Å². The van der Waals surface area contributed by atoms with Crippen molar-refractivity contribution < 1.29 is 27.5 Å². The third kappa shape index (κ3) is 9.72. The van der Waals surface area contributed by atoms with Crippen LogP contribution in [0.15, 0.2) is 77.7 Å². The first kappa shape index (κ1) is 39.3. The summed E-state index contributed by atoms with van der Waals surface area (Å²) in [5.41, 5.74) is 6.82. The number of nitrogens with one attached hydrogen (secondary N) is 3. The first-order valence-corrected chi connectivity index (χ1v) is 19.7. The number of aliphatic hydroxyl groups excluding tert-OH is 1. The maximum Gasteiger partial charge on any atom is 0.243 e. The largest absolute Gasteiger partial charge is 0.390 e. The van der Waals surface area contributed by atoms with E-state index in [0.717, 1.165) is 24.0 Å².